The smallest absolute Gasteiger partial charge is 0.107 e. The monoisotopic (exact) mass is 251 g/mol. The molecule has 0 aromatic heterocycles. The molecule has 0 amide bonds. The van der Waals surface area contributed by atoms with E-state index in [2.05, 4.69) is 21.2 Å². The van der Waals surface area contributed by atoms with Crippen LogP contribution in [0.25, 0.3) is 0 Å². The highest BCUT2D eigenvalue weighted by Gasteiger charge is 2.01. The summed E-state index contributed by atoms with van der Waals surface area (Å²) in [6.45, 7) is -0.0854. The summed E-state index contributed by atoms with van der Waals surface area (Å²) in [6.07, 6.45) is 0. The second-order valence-corrected chi connectivity index (χ2v) is 3.42. The van der Waals surface area contributed by atoms with E-state index in [-0.39, 0.29) is 6.67 Å². The second kappa shape index (κ2) is 4.67. The molecule has 0 aliphatic heterocycles. The average Bonchev–Trinajstić information content (AvgIpc) is 2.08. The van der Waals surface area contributed by atoms with E-state index < -0.39 is 0 Å². The minimum atomic E-state index is -0.390. The van der Waals surface area contributed by atoms with Crippen molar-refractivity contribution in [3.63, 3.8) is 0 Å². The molecule has 0 atom stereocenters. The van der Waals surface area contributed by atoms with Crippen molar-refractivity contribution < 1.29 is 4.39 Å². The lowest BCUT2D eigenvalue weighted by atomic mass is 10.3. The van der Waals surface area contributed by atoms with Gasteiger partial charge in [-0.2, -0.15) is 0 Å². The number of benzene rings is 1. The molecular weight excluding hydrogens is 244 g/mol. The molecule has 66 valence electrons. The van der Waals surface area contributed by atoms with E-state index in [9.17, 15) is 4.39 Å². The number of hydrogen-bond acceptors (Lipinski definition) is 1. The molecular formula is C8H8BrClFN. The summed E-state index contributed by atoms with van der Waals surface area (Å²) in [4.78, 5) is 0. The summed E-state index contributed by atoms with van der Waals surface area (Å²) in [5, 5.41) is 3.52. The largest absolute Gasteiger partial charge is 0.381 e. The molecule has 12 heavy (non-hydrogen) atoms. The minimum absolute atomic E-state index is 0.305. The molecule has 0 spiro atoms. The van der Waals surface area contributed by atoms with Gasteiger partial charge in [0, 0.05) is 6.54 Å². The van der Waals surface area contributed by atoms with E-state index in [4.69, 9.17) is 11.6 Å². The quantitative estimate of drug-likeness (QED) is 0.868. The summed E-state index contributed by atoms with van der Waals surface area (Å²) in [7, 11) is 0. The van der Waals surface area contributed by atoms with Crippen molar-refractivity contribution in [1.82, 2.24) is 0 Å². The Labute approximate surface area is 84.0 Å². The average molecular weight is 253 g/mol. The van der Waals surface area contributed by atoms with Crippen LogP contribution in [0, 0.1) is 0 Å². The van der Waals surface area contributed by atoms with E-state index in [1.54, 1.807) is 6.07 Å². The summed E-state index contributed by atoms with van der Waals surface area (Å²) >= 11 is 9.11. The molecule has 4 heteroatoms. The van der Waals surface area contributed by atoms with Crippen molar-refractivity contribution in [2.24, 2.45) is 0 Å². The maximum Gasteiger partial charge on any atom is 0.107 e. The van der Waals surface area contributed by atoms with Gasteiger partial charge in [-0.1, -0.05) is 17.7 Å². The Morgan fingerprint density at radius 3 is 2.92 bits per heavy atom. The van der Waals surface area contributed by atoms with Crippen LogP contribution >= 0.6 is 27.5 Å². The van der Waals surface area contributed by atoms with Gasteiger partial charge >= 0.3 is 0 Å². The van der Waals surface area contributed by atoms with E-state index in [0.717, 1.165) is 10.2 Å². The molecule has 0 fully saturated rings. The Balaban J connectivity index is 2.78. The predicted molar refractivity (Wildman–Crippen MR) is 53.6 cm³/mol. The molecule has 0 radical (unpaired) electrons. The van der Waals surface area contributed by atoms with Gasteiger partial charge in [0.05, 0.1) is 15.2 Å². The lowest BCUT2D eigenvalue weighted by Gasteiger charge is -2.06. The molecule has 1 aromatic carbocycles. The highest BCUT2D eigenvalue weighted by atomic mass is 79.9. The summed E-state index contributed by atoms with van der Waals surface area (Å²) < 4.78 is 12.6. The molecule has 1 rings (SSSR count). The Bertz CT molecular complexity index is 267. The zero-order chi connectivity index (χ0) is 8.97. The van der Waals surface area contributed by atoms with Gasteiger partial charge in [0.15, 0.2) is 0 Å². The fourth-order valence-corrected chi connectivity index (χ4v) is 1.40. The third-order valence-electron chi connectivity index (χ3n) is 1.36. The molecule has 1 N–H and O–H groups in total. The van der Waals surface area contributed by atoms with Crippen LogP contribution in [0.15, 0.2) is 22.7 Å². The van der Waals surface area contributed by atoms with Crippen molar-refractivity contribution in [3.8, 4) is 0 Å². The summed E-state index contributed by atoms with van der Waals surface area (Å²) in [5.41, 5.74) is 0.820. The van der Waals surface area contributed by atoms with Crippen LogP contribution in [0.3, 0.4) is 0 Å². The van der Waals surface area contributed by atoms with Gasteiger partial charge in [-0.15, -0.1) is 0 Å². The number of halogens is 3. The van der Waals surface area contributed by atoms with Crippen molar-refractivity contribution >= 4 is 33.2 Å². The van der Waals surface area contributed by atoms with Crippen molar-refractivity contribution in [2.45, 2.75) is 0 Å². The highest BCUT2D eigenvalue weighted by molar-refractivity contribution is 9.10. The van der Waals surface area contributed by atoms with Crippen molar-refractivity contribution in [2.75, 3.05) is 18.5 Å². The molecule has 1 nitrogen and oxygen atoms in total. The number of hydrogen-bond donors (Lipinski definition) is 1. The number of rotatable bonds is 3. The van der Waals surface area contributed by atoms with Crippen LogP contribution in [-0.4, -0.2) is 13.2 Å². The van der Waals surface area contributed by atoms with E-state index >= 15 is 0 Å². The van der Waals surface area contributed by atoms with Gasteiger partial charge in [0.1, 0.15) is 6.67 Å². The lowest BCUT2D eigenvalue weighted by molar-refractivity contribution is 0.512. The molecule has 0 aliphatic rings. The lowest BCUT2D eigenvalue weighted by Crippen LogP contribution is -2.03. The summed E-state index contributed by atoms with van der Waals surface area (Å²) in [6, 6.07) is 5.42. The Morgan fingerprint density at radius 2 is 2.25 bits per heavy atom. The van der Waals surface area contributed by atoms with Gasteiger partial charge in [-0.05, 0) is 28.1 Å². The van der Waals surface area contributed by atoms with E-state index in [1.165, 1.54) is 0 Å². The van der Waals surface area contributed by atoms with Crippen LogP contribution in [0.4, 0.5) is 10.1 Å². The maximum absolute atomic E-state index is 11.8. The van der Waals surface area contributed by atoms with Crippen molar-refractivity contribution in [3.05, 3.63) is 27.7 Å². The zero-order valence-electron chi connectivity index (χ0n) is 6.28. The molecule has 0 unspecified atom stereocenters. The van der Waals surface area contributed by atoms with Gasteiger partial charge in [0.25, 0.3) is 0 Å². The zero-order valence-corrected chi connectivity index (χ0v) is 8.62. The highest BCUT2D eigenvalue weighted by Crippen LogP contribution is 2.29. The van der Waals surface area contributed by atoms with E-state index in [1.807, 2.05) is 12.1 Å². The molecule has 0 saturated heterocycles. The first kappa shape index (κ1) is 9.81. The van der Waals surface area contributed by atoms with E-state index in [0.29, 0.717) is 11.6 Å². The molecule has 0 bridgehead atoms. The number of alkyl halides is 1. The molecule has 0 aliphatic carbocycles. The minimum Gasteiger partial charge on any atom is -0.381 e. The third kappa shape index (κ3) is 2.35. The standard InChI is InChI=1S/C8H8BrClFN/c9-8-6(10)2-1-3-7(8)12-5-4-11/h1-3,12H,4-5H2. The molecule has 0 heterocycles. The van der Waals surface area contributed by atoms with Crippen LogP contribution in [0.5, 0.6) is 0 Å². The van der Waals surface area contributed by atoms with Gasteiger partial charge in [-0.25, -0.2) is 4.39 Å². The summed E-state index contributed by atoms with van der Waals surface area (Å²) in [5.74, 6) is 0. The first-order valence-electron chi connectivity index (χ1n) is 3.49. The third-order valence-corrected chi connectivity index (χ3v) is 2.76. The fraction of sp³-hybridized carbons (Fsp3) is 0.250. The Morgan fingerprint density at radius 1 is 1.50 bits per heavy atom. The van der Waals surface area contributed by atoms with Gasteiger partial charge < -0.3 is 5.32 Å². The van der Waals surface area contributed by atoms with Gasteiger partial charge in [0.2, 0.25) is 0 Å². The SMILES string of the molecule is FCCNc1cccc(Cl)c1Br. The maximum atomic E-state index is 11.8. The van der Waals surface area contributed by atoms with Crippen LogP contribution in [0.1, 0.15) is 0 Å². The molecule has 0 saturated carbocycles. The normalized spacial score (nSPS) is 9.92. The van der Waals surface area contributed by atoms with Crippen LogP contribution in [-0.2, 0) is 0 Å². The fourth-order valence-electron chi connectivity index (χ4n) is 0.822. The van der Waals surface area contributed by atoms with Crippen molar-refractivity contribution in [1.29, 1.82) is 0 Å². The topological polar surface area (TPSA) is 12.0 Å². The molecule has 1 aromatic rings. The van der Waals surface area contributed by atoms with Crippen LogP contribution in [0.2, 0.25) is 5.02 Å². The Hall–Kier alpha value is -0.280. The van der Waals surface area contributed by atoms with Crippen LogP contribution < -0.4 is 5.32 Å². The second-order valence-electron chi connectivity index (χ2n) is 2.22. The Kier molecular flexibility index (Phi) is 3.82. The van der Waals surface area contributed by atoms with Gasteiger partial charge in [-0.3, -0.25) is 0 Å². The number of nitrogens with one attached hydrogen (secondary N) is 1. The number of anilines is 1. The first-order valence-corrected chi connectivity index (χ1v) is 4.66. The first-order chi connectivity index (χ1) is 5.75. The predicted octanol–water partition coefficient (Wildman–Crippen LogP) is 3.48.